The number of ketones is 1. The van der Waals surface area contributed by atoms with Gasteiger partial charge < -0.3 is 54.0 Å². The van der Waals surface area contributed by atoms with E-state index in [4.69, 9.17) is 23.3 Å². The minimum Gasteiger partial charge on any atom is -0.457 e. The predicted octanol–water partition coefficient (Wildman–Crippen LogP) is 6.80. The summed E-state index contributed by atoms with van der Waals surface area (Å²) < 4.78 is 71.2. The van der Waals surface area contributed by atoms with Gasteiger partial charge in [-0.25, -0.2) is 13.7 Å². The minimum absolute atomic E-state index is 0.0494. The van der Waals surface area contributed by atoms with Crippen LogP contribution in [0.5, 0.6) is 0 Å². The maximum absolute atomic E-state index is 13.1. The van der Waals surface area contributed by atoms with Crippen LogP contribution >= 0.6 is 23.5 Å². The summed E-state index contributed by atoms with van der Waals surface area (Å²) in [5, 5.41) is 31.8. The quantitative estimate of drug-likeness (QED) is 0.0135. The molecular formula is C40H79O20P3. The number of aliphatic hydroxyl groups excluding tert-OH is 3. The van der Waals surface area contributed by atoms with Crippen LogP contribution in [0, 0.1) is 0 Å². The highest BCUT2D eigenvalue weighted by atomic mass is 31.2. The van der Waals surface area contributed by atoms with Crippen LogP contribution in [0.3, 0.4) is 0 Å². The molecule has 0 spiro atoms. The molecule has 0 aromatic rings. The molecule has 0 bridgehead atoms. The van der Waals surface area contributed by atoms with E-state index in [9.17, 15) is 63.1 Å². The van der Waals surface area contributed by atoms with Gasteiger partial charge in [-0.1, -0.05) is 129 Å². The number of hydrogen-bond acceptors (Lipinski definition) is 15. The van der Waals surface area contributed by atoms with Crippen molar-refractivity contribution in [2.24, 2.45) is 0 Å². The summed E-state index contributed by atoms with van der Waals surface area (Å²) in [4.78, 5) is 72.0. The topological polar surface area (TPSA) is 312 Å². The van der Waals surface area contributed by atoms with Gasteiger partial charge in [0.15, 0.2) is 0 Å². The molecule has 8 N–H and O–H groups in total. The summed E-state index contributed by atoms with van der Waals surface area (Å²) in [7, 11) is -16.5. The second-order valence-corrected chi connectivity index (χ2v) is 20.1. The maximum atomic E-state index is 13.1. The van der Waals surface area contributed by atoms with Gasteiger partial charge in [0.2, 0.25) is 0 Å². The summed E-state index contributed by atoms with van der Waals surface area (Å²) in [5.74, 6) is -0.300. The average molecular weight is 973 g/mol. The predicted molar refractivity (Wildman–Crippen MR) is 231 cm³/mol. The first-order valence-corrected chi connectivity index (χ1v) is 27.4. The Kier molecular flexibility index (Phi) is 33.1. The van der Waals surface area contributed by atoms with Gasteiger partial charge in [-0.2, -0.15) is 0 Å². The number of carbonyl (C=O) groups is 2. The van der Waals surface area contributed by atoms with E-state index in [-0.39, 0.29) is 19.8 Å². The Hall–Kier alpha value is -0.730. The van der Waals surface area contributed by atoms with E-state index in [0.717, 1.165) is 83.5 Å². The summed E-state index contributed by atoms with van der Waals surface area (Å²) in [6, 6.07) is 0. The molecule has 20 nitrogen and oxygen atoms in total. The average Bonchev–Trinajstić information content (AvgIpc) is 3.20. The number of hydrogen-bond donors (Lipinski definition) is 8. The van der Waals surface area contributed by atoms with Crippen molar-refractivity contribution in [3.05, 3.63) is 0 Å². The van der Waals surface area contributed by atoms with Gasteiger partial charge >= 0.3 is 29.4 Å². The van der Waals surface area contributed by atoms with Gasteiger partial charge in [0.1, 0.15) is 55.3 Å². The van der Waals surface area contributed by atoms with Crippen LogP contribution in [0.15, 0.2) is 0 Å². The zero-order valence-corrected chi connectivity index (χ0v) is 40.0. The molecule has 0 aliphatic heterocycles. The Morgan fingerprint density at radius 3 is 1.43 bits per heavy atom. The molecule has 0 aromatic heterocycles. The first-order chi connectivity index (χ1) is 29.8. The van der Waals surface area contributed by atoms with Gasteiger partial charge in [0.25, 0.3) is 0 Å². The van der Waals surface area contributed by atoms with E-state index in [1.54, 1.807) is 0 Å². The lowest BCUT2D eigenvalue weighted by atomic mass is 9.85. The fraction of sp³-hybridized carbons (Fsp3) is 0.950. The van der Waals surface area contributed by atoms with Crippen molar-refractivity contribution < 1.29 is 95.4 Å². The van der Waals surface area contributed by atoms with Crippen molar-refractivity contribution in [1.29, 1.82) is 0 Å². The van der Waals surface area contributed by atoms with Crippen LogP contribution in [0.4, 0.5) is 0 Å². The molecule has 0 amide bonds. The van der Waals surface area contributed by atoms with E-state index >= 15 is 0 Å². The molecule has 4 unspecified atom stereocenters. The molecule has 1 aliphatic carbocycles. The molecular weight excluding hydrogens is 893 g/mol. The molecule has 1 fully saturated rings. The highest BCUT2D eigenvalue weighted by molar-refractivity contribution is 7.47. The molecule has 1 saturated carbocycles. The van der Waals surface area contributed by atoms with Gasteiger partial charge in [-0.05, 0) is 25.7 Å². The molecule has 0 heterocycles. The second kappa shape index (κ2) is 34.5. The largest absolute Gasteiger partial charge is 0.472 e. The molecule has 0 aromatic carbocycles. The van der Waals surface area contributed by atoms with Gasteiger partial charge in [-0.3, -0.25) is 27.7 Å². The van der Waals surface area contributed by atoms with Gasteiger partial charge in [-0.15, -0.1) is 0 Å². The van der Waals surface area contributed by atoms with Gasteiger partial charge in [0, 0.05) is 25.9 Å². The first-order valence-electron chi connectivity index (χ1n) is 22.8. The van der Waals surface area contributed by atoms with Crippen molar-refractivity contribution in [2.45, 2.75) is 217 Å². The van der Waals surface area contributed by atoms with E-state index in [1.807, 2.05) is 6.92 Å². The number of phosphoric acid groups is 3. The van der Waals surface area contributed by atoms with E-state index in [0.29, 0.717) is 31.7 Å². The van der Waals surface area contributed by atoms with E-state index < -0.39 is 78.8 Å². The second-order valence-electron chi connectivity index (χ2n) is 16.3. The zero-order chi connectivity index (χ0) is 47.2. The van der Waals surface area contributed by atoms with Crippen LogP contribution in [0.25, 0.3) is 0 Å². The number of Topliss-reactive ketones (excluding diaryl/α,β-unsaturated/α-hetero) is 1. The number of phosphoric ester groups is 3. The molecule has 8 atom stereocenters. The maximum Gasteiger partial charge on any atom is 0.472 e. The van der Waals surface area contributed by atoms with Crippen LogP contribution < -0.4 is 0 Å². The van der Waals surface area contributed by atoms with Crippen molar-refractivity contribution in [1.82, 2.24) is 0 Å². The fourth-order valence-corrected chi connectivity index (χ4v) is 9.25. The van der Waals surface area contributed by atoms with E-state index in [2.05, 4.69) is 16.0 Å². The number of carbonyl (C=O) groups excluding carboxylic acids is 2. The lowest BCUT2D eigenvalue weighted by molar-refractivity contribution is -0.213. The fourth-order valence-electron chi connectivity index (χ4n) is 7.15. The summed E-state index contributed by atoms with van der Waals surface area (Å²) in [6.45, 7) is 3.24. The molecule has 63 heavy (non-hydrogen) atoms. The number of aliphatic hydroxyl groups is 3. The summed E-state index contributed by atoms with van der Waals surface area (Å²) in [6.07, 6.45) is 8.68. The van der Waals surface area contributed by atoms with Crippen LogP contribution in [-0.2, 0) is 55.6 Å². The molecule has 23 heteroatoms. The first kappa shape index (κ1) is 60.3. The SMILES string of the molecule is CCCCCCCCCCCCCCCC(=O)O[C@H](COCOCCCCCCCCCCC(=O)CCC)COP(=O)(O)OC1C(O)[C@H](O)C(OP(=O)(O)O)[C@H](OP(=O)(O)O)[C@@H]1O. The molecule has 1 aliphatic rings. The third-order valence-corrected chi connectivity index (χ3v) is 12.5. The molecule has 374 valence electrons. The van der Waals surface area contributed by atoms with Crippen molar-refractivity contribution >= 4 is 35.2 Å². The minimum atomic E-state index is -5.58. The van der Waals surface area contributed by atoms with Crippen molar-refractivity contribution in [2.75, 3.05) is 26.6 Å². The Bertz CT molecular complexity index is 1350. The van der Waals surface area contributed by atoms with Crippen molar-refractivity contribution in [3.8, 4) is 0 Å². The molecule has 0 radical (unpaired) electrons. The monoisotopic (exact) mass is 972 g/mol. The standard InChI is InChI=1S/C40H79O20P3/c1-3-5-6-7-8-9-10-11-12-13-17-20-23-27-34(42)57-33(29-55-31-54-28-24-21-18-15-14-16-19-22-26-32(41)25-4-2)30-56-63(52,53)60-38-35(43)36(44)39(58-61(46,47)48)40(37(38)45)59-62(49,50)51/h33,35-40,43-45H,3-31H2,1-2H3,(H,52,53)(H2,46,47,48)(H2,49,50,51)/t33-,35?,36+,37-,38?,39?,40-/m1/s1. The Morgan fingerprint density at radius 2 is 0.937 bits per heavy atom. The smallest absolute Gasteiger partial charge is 0.457 e. The van der Waals surface area contributed by atoms with Gasteiger partial charge in [0.05, 0.1) is 13.2 Å². The number of rotatable bonds is 41. The Morgan fingerprint density at radius 1 is 0.492 bits per heavy atom. The van der Waals surface area contributed by atoms with Crippen LogP contribution in [0.2, 0.25) is 0 Å². The Balaban J connectivity index is 2.68. The normalized spacial score (nSPS) is 22.2. The highest BCUT2D eigenvalue weighted by Gasteiger charge is 2.56. The lowest BCUT2D eigenvalue weighted by Crippen LogP contribution is -2.65. The van der Waals surface area contributed by atoms with Crippen molar-refractivity contribution in [3.63, 3.8) is 0 Å². The Labute approximate surface area is 373 Å². The highest BCUT2D eigenvalue weighted by Crippen LogP contribution is 2.51. The van der Waals surface area contributed by atoms with Crippen LogP contribution in [0.1, 0.15) is 174 Å². The zero-order valence-electron chi connectivity index (χ0n) is 37.4. The lowest BCUT2D eigenvalue weighted by Gasteiger charge is -2.44. The van der Waals surface area contributed by atoms with E-state index in [1.165, 1.54) is 51.4 Å². The molecule has 0 saturated heterocycles. The number of esters is 1. The number of unbranched alkanes of at least 4 members (excludes halogenated alkanes) is 19. The summed E-state index contributed by atoms with van der Waals surface area (Å²) >= 11 is 0. The number of ether oxygens (including phenoxy) is 3. The third-order valence-electron chi connectivity index (χ3n) is 10.5. The summed E-state index contributed by atoms with van der Waals surface area (Å²) in [5.41, 5.74) is 0. The third kappa shape index (κ3) is 31.0. The molecule has 1 rings (SSSR count). The van der Waals surface area contributed by atoms with Crippen LogP contribution in [-0.4, -0.2) is 121 Å².